The highest BCUT2D eigenvalue weighted by atomic mass is 16.4. The Morgan fingerprint density at radius 1 is 1.53 bits per heavy atom. The van der Waals surface area contributed by atoms with Gasteiger partial charge in [-0.25, -0.2) is 9.78 Å². The van der Waals surface area contributed by atoms with Crippen LogP contribution in [0.5, 0.6) is 0 Å². The highest BCUT2D eigenvalue weighted by Gasteiger charge is 2.14. The highest BCUT2D eigenvalue weighted by Crippen LogP contribution is 2.17. The fraction of sp³-hybridized carbons (Fsp3) is 0.500. The molecule has 0 aliphatic heterocycles. The van der Waals surface area contributed by atoms with Crippen molar-refractivity contribution in [2.24, 2.45) is 5.92 Å². The number of pyridine rings is 1. The Balaban J connectivity index is 3.12. The Morgan fingerprint density at radius 3 is 2.68 bits per heavy atom. The van der Waals surface area contributed by atoms with Gasteiger partial charge in [-0.05, 0) is 32.4 Å². The molecule has 102 valence electrons. The molecule has 0 aliphatic carbocycles. The van der Waals surface area contributed by atoms with Gasteiger partial charge in [0.2, 0.25) is 0 Å². The maximum Gasteiger partial charge on any atom is 0.335 e. The molecular weight excluding hydrogens is 242 g/mol. The minimum absolute atomic E-state index is 0.125. The second-order valence-electron chi connectivity index (χ2n) is 4.43. The summed E-state index contributed by atoms with van der Waals surface area (Å²) in [5, 5.41) is 18.0. The number of carbonyl (C=O) groups is 1. The van der Waals surface area contributed by atoms with Crippen LogP contribution < -0.4 is 4.90 Å². The number of anilines is 1. The normalized spacial score (nSPS) is 11.7. The van der Waals surface area contributed by atoms with Crippen molar-refractivity contribution in [3.8, 4) is 6.07 Å². The fourth-order valence-electron chi connectivity index (χ4n) is 1.79. The van der Waals surface area contributed by atoms with Crippen LogP contribution in [-0.4, -0.2) is 29.1 Å². The number of aromatic nitrogens is 1. The lowest BCUT2D eigenvalue weighted by molar-refractivity contribution is 0.0696. The molecule has 0 bridgehead atoms. The zero-order valence-corrected chi connectivity index (χ0v) is 11.6. The number of carboxylic acid groups (broad SMARTS) is 1. The van der Waals surface area contributed by atoms with Gasteiger partial charge >= 0.3 is 5.97 Å². The molecule has 5 nitrogen and oxygen atoms in total. The first kappa shape index (κ1) is 15.0. The number of nitrogens with zero attached hydrogens (tertiary/aromatic N) is 3. The maximum atomic E-state index is 11.1. The second-order valence-corrected chi connectivity index (χ2v) is 4.43. The van der Waals surface area contributed by atoms with E-state index in [-0.39, 0.29) is 11.5 Å². The summed E-state index contributed by atoms with van der Waals surface area (Å²) >= 11 is 0. The van der Waals surface area contributed by atoms with E-state index in [1.807, 2.05) is 25.7 Å². The Kier molecular flexibility index (Phi) is 5.31. The third kappa shape index (κ3) is 3.95. The van der Waals surface area contributed by atoms with Crippen LogP contribution in [-0.2, 0) is 6.42 Å². The van der Waals surface area contributed by atoms with E-state index < -0.39 is 5.97 Å². The predicted molar refractivity (Wildman–Crippen MR) is 73.2 cm³/mol. The minimum atomic E-state index is -0.956. The van der Waals surface area contributed by atoms with E-state index in [0.717, 1.165) is 5.69 Å². The number of nitriles is 1. The number of hydrogen-bond acceptors (Lipinski definition) is 4. The molecule has 1 rings (SSSR count). The quantitative estimate of drug-likeness (QED) is 0.850. The second kappa shape index (κ2) is 6.74. The van der Waals surface area contributed by atoms with Gasteiger partial charge in [-0.15, -0.1) is 0 Å². The molecule has 0 amide bonds. The Bertz CT molecular complexity index is 494. The van der Waals surface area contributed by atoms with Crippen molar-refractivity contribution in [2.45, 2.75) is 27.2 Å². The average molecular weight is 261 g/mol. The number of aryl methyl sites for hydroxylation is 1. The van der Waals surface area contributed by atoms with Gasteiger partial charge in [-0.1, -0.05) is 6.92 Å². The minimum Gasteiger partial charge on any atom is -0.478 e. The van der Waals surface area contributed by atoms with Crippen LogP contribution in [0.25, 0.3) is 0 Å². The van der Waals surface area contributed by atoms with Crippen LogP contribution in [0, 0.1) is 17.2 Å². The molecule has 1 aromatic rings. The number of hydrogen-bond donors (Lipinski definition) is 1. The molecule has 0 saturated heterocycles. The van der Waals surface area contributed by atoms with Gasteiger partial charge in [-0.3, -0.25) is 0 Å². The highest BCUT2D eigenvalue weighted by molar-refractivity contribution is 5.88. The molecule has 1 unspecified atom stereocenters. The molecule has 0 spiro atoms. The molecule has 0 fully saturated rings. The lowest BCUT2D eigenvalue weighted by atomic mass is 10.1. The van der Waals surface area contributed by atoms with Gasteiger partial charge in [0.1, 0.15) is 5.82 Å². The van der Waals surface area contributed by atoms with Crippen molar-refractivity contribution in [3.05, 3.63) is 23.4 Å². The van der Waals surface area contributed by atoms with E-state index in [1.165, 1.54) is 0 Å². The molecular formula is C14H19N3O2. The topological polar surface area (TPSA) is 77.2 Å². The standard InChI is InChI=1S/C14H19N3O2/c1-4-12-6-11(14(18)19)7-13(16-12)17(5-2)9-10(3)8-15/h6-7,10H,4-5,9H2,1-3H3,(H,18,19). The molecule has 0 radical (unpaired) electrons. The van der Waals surface area contributed by atoms with Gasteiger partial charge in [0.15, 0.2) is 0 Å². The first-order chi connectivity index (χ1) is 9.01. The first-order valence-corrected chi connectivity index (χ1v) is 6.40. The molecule has 19 heavy (non-hydrogen) atoms. The van der Waals surface area contributed by atoms with Crippen molar-refractivity contribution in [3.63, 3.8) is 0 Å². The molecule has 1 aromatic heterocycles. The average Bonchev–Trinajstić information content (AvgIpc) is 2.43. The van der Waals surface area contributed by atoms with Crippen LogP contribution in [0.4, 0.5) is 5.82 Å². The summed E-state index contributed by atoms with van der Waals surface area (Å²) in [5.41, 5.74) is 0.989. The Labute approximate surface area is 113 Å². The van der Waals surface area contributed by atoms with Crippen LogP contribution in [0.1, 0.15) is 36.8 Å². The molecule has 1 atom stereocenters. The summed E-state index contributed by atoms with van der Waals surface area (Å²) in [6, 6.07) is 5.33. The third-order valence-electron chi connectivity index (χ3n) is 2.89. The predicted octanol–water partition coefficient (Wildman–Crippen LogP) is 2.33. The van der Waals surface area contributed by atoms with Gasteiger partial charge < -0.3 is 10.0 Å². The SMILES string of the molecule is CCc1cc(C(=O)O)cc(N(CC)CC(C)C#N)n1. The van der Waals surface area contributed by atoms with Gasteiger partial charge in [-0.2, -0.15) is 5.26 Å². The van der Waals surface area contributed by atoms with Crippen LogP contribution in [0.2, 0.25) is 0 Å². The summed E-state index contributed by atoms with van der Waals surface area (Å²) in [5.74, 6) is -0.454. The molecule has 1 N–H and O–H groups in total. The van der Waals surface area contributed by atoms with Gasteiger partial charge in [0.05, 0.1) is 17.6 Å². The largest absolute Gasteiger partial charge is 0.478 e. The summed E-state index contributed by atoms with van der Waals surface area (Å²) in [6.45, 7) is 6.97. The molecule has 0 aromatic carbocycles. The summed E-state index contributed by atoms with van der Waals surface area (Å²) in [7, 11) is 0. The number of aromatic carboxylic acids is 1. The van der Waals surface area contributed by atoms with Crippen molar-refractivity contribution in [2.75, 3.05) is 18.0 Å². The van der Waals surface area contributed by atoms with E-state index in [4.69, 9.17) is 10.4 Å². The first-order valence-electron chi connectivity index (χ1n) is 6.40. The van der Waals surface area contributed by atoms with Crippen molar-refractivity contribution >= 4 is 11.8 Å². The van der Waals surface area contributed by atoms with Crippen LogP contribution >= 0.6 is 0 Å². The van der Waals surface area contributed by atoms with Gasteiger partial charge in [0.25, 0.3) is 0 Å². The van der Waals surface area contributed by atoms with Crippen molar-refractivity contribution in [1.82, 2.24) is 4.98 Å². The zero-order chi connectivity index (χ0) is 14.4. The van der Waals surface area contributed by atoms with E-state index in [0.29, 0.717) is 25.3 Å². The third-order valence-corrected chi connectivity index (χ3v) is 2.89. The lowest BCUT2D eigenvalue weighted by Crippen LogP contribution is -2.29. The molecule has 5 heteroatoms. The lowest BCUT2D eigenvalue weighted by Gasteiger charge is -2.23. The van der Waals surface area contributed by atoms with E-state index in [9.17, 15) is 4.79 Å². The monoisotopic (exact) mass is 261 g/mol. The van der Waals surface area contributed by atoms with Crippen molar-refractivity contribution in [1.29, 1.82) is 5.26 Å². The number of rotatable bonds is 6. The summed E-state index contributed by atoms with van der Waals surface area (Å²) in [4.78, 5) is 17.5. The van der Waals surface area contributed by atoms with E-state index in [1.54, 1.807) is 12.1 Å². The fourth-order valence-corrected chi connectivity index (χ4v) is 1.79. The maximum absolute atomic E-state index is 11.1. The summed E-state index contributed by atoms with van der Waals surface area (Å²) < 4.78 is 0. The van der Waals surface area contributed by atoms with Crippen LogP contribution in [0.15, 0.2) is 12.1 Å². The smallest absolute Gasteiger partial charge is 0.335 e. The van der Waals surface area contributed by atoms with Crippen LogP contribution in [0.3, 0.4) is 0 Å². The van der Waals surface area contributed by atoms with E-state index >= 15 is 0 Å². The summed E-state index contributed by atoms with van der Waals surface area (Å²) in [6.07, 6.45) is 0.680. The number of carboxylic acids is 1. The molecule has 0 aliphatic rings. The zero-order valence-electron chi connectivity index (χ0n) is 11.6. The Morgan fingerprint density at radius 2 is 2.21 bits per heavy atom. The van der Waals surface area contributed by atoms with Crippen molar-refractivity contribution < 1.29 is 9.90 Å². The van der Waals surface area contributed by atoms with Gasteiger partial charge in [0, 0.05) is 18.8 Å². The van der Waals surface area contributed by atoms with E-state index in [2.05, 4.69) is 11.1 Å². The Hall–Kier alpha value is -2.09. The molecule has 1 heterocycles. The molecule has 0 saturated carbocycles.